The number of hydrogen-bond donors (Lipinski definition) is 0. The average Bonchev–Trinajstić information content (AvgIpc) is 3.61. The zero-order chi connectivity index (χ0) is 23.8. The number of furan rings is 1. The van der Waals surface area contributed by atoms with Gasteiger partial charge < -0.3 is 18.8 Å². The Kier molecular flexibility index (Phi) is 5.57. The van der Waals surface area contributed by atoms with Crippen LogP contribution in [0.25, 0.3) is 0 Å². The summed E-state index contributed by atoms with van der Waals surface area (Å²) in [6.45, 7) is 0.640. The van der Waals surface area contributed by atoms with Gasteiger partial charge in [0, 0.05) is 23.7 Å². The van der Waals surface area contributed by atoms with Crippen LogP contribution in [0.5, 0.6) is 11.5 Å². The number of benzene rings is 2. The van der Waals surface area contributed by atoms with Crippen LogP contribution >= 0.6 is 0 Å². The molecule has 0 N–H and O–H groups in total. The number of nitrogens with zero attached hydrogens (tertiary/aromatic N) is 2. The number of imide groups is 1. The van der Waals surface area contributed by atoms with E-state index in [1.165, 1.54) is 12.3 Å². The number of likely N-dealkylation sites (tertiary alicyclic amines) is 1. The standard InChI is InChI=1S/C26H24N2O6/c1-32-17-8-10-20(23(14-17)33-2)22-6-3-11-27(22)24(29)16-7-9-19-21(13-16)26(31)28(25(19)30)15-18-5-4-12-34-18/h4-5,7-10,12-14,22H,3,6,11,15H2,1-2H3. The van der Waals surface area contributed by atoms with Crippen molar-refractivity contribution in [3.8, 4) is 11.5 Å². The van der Waals surface area contributed by atoms with E-state index in [1.54, 1.807) is 43.4 Å². The molecule has 2 aromatic carbocycles. The fourth-order valence-electron chi connectivity index (χ4n) is 4.72. The summed E-state index contributed by atoms with van der Waals surface area (Å²) in [4.78, 5) is 42.2. The Hall–Kier alpha value is -4.07. The van der Waals surface area contributed by atoms with Crippen LogP contribution in [0, 0.1) is 0 Å². The second-order valence-electron chi connectivity index (χ2n) is 8.30. The molecule has 34 heavy (non-hydrogen) atoms. The summed E-state index contributed by atoms with van der Waals surface area (Å²) in [6, 6.07) is 13.5. The molecule has 5 rings (SSSR count). The van der Waals surface area contributed by atoms with Crippen molar-refractivity contribution in [1.82, 2.24) is 9.80 Å². The molecular formula is C26H24N2O6. The van der Waals surface area contributed by atoms with E-state index >= 15 is 0 Å². The Morgan fingerprint density at radius 2 is 1.85 bits per heavy atom. The third kappa shape index (κ3) is 3.61. The molecule has 0 spiro atoms. The largest absolute Gasteiger partial charge is 0.497 e. The molecular weight excluding hydrogens is 436 g/mol. The van der Waals surface area contributed by atoms with Gasteiger partial charge in [0.05, 0.1) is 44.2 Å². The van der Waals surface area contributed by atoms with Gasteiger partial charge in [-0.05, 0) is 55.3 Å². The Morgan fingerprint density at radius 1 is 1.03 bits per heavy atom. The summed E-state index contributed by atoms with van der Waals surface area (Å²) in [5.74, 6) is 0.843. The number of ether oxygens (including phenoxy) is 2. The van der Waals surface area contributed by atoms with E-state index in [4.69, 9.17) is 13.9 Å². The van der Waals surface area contributed by atoms with E-state index in [9.17, 15) is 14.4 Å². The lowest BCUT2D eigenvalue weighted by Crippen LogP contribution is -2.31. The lowest BCUT2D eigenvalue weighted by Gasteiger charge is -2.27. The van der Waals surface area contributed by atoms with Gasteiger partial charge in [-0.2, -0.15) is 0 Å². The summed E-state index contributed by atoms with van der Waals surface area (Å²) in [7, 11) is 3.19. The van der Waals surface area contributed by atoms with Crippen molar-refractivity contribution < 1.29 is 28.3 Å². The van der Waals surface area contributed by atoms with Gasteiger partial charge in [0.2, 0.25) is 0 Å². The van der Waals surface area contributed by atoms with Crippen LogP contribution in [-0.2, 0) is 6.54 Å². The molecule has 0 aliphatic carbocycles. The number of fused-ring (bicyclic) bond motifs is 1. The lowest BCUT2D eigenvalue weighted by molar-refractivity contribution is 0.0631. The number of methoxy groups -OCH3 is 2. The van der Waals surface area contributed by atoms with E-state index in [-0.39, 0.29) is 24.1 Å². The zero-order valence-corrected chi connectivity index (χ0v) is 18.9. The average molecular weight is 460 g/mol. The van der Waals surface area contributed by atoms with Gasteiger partial charge in [-0.1, -0.05) is 0 Å². The van der Waals surface area contributed by atoms with E-state index in [0.29, 0.717) is 34.9 Å². The maximum Gasteiger partial charge on any atom is 0.261 e. The molecule has 0 bridgehead atoms. The van der Waals surface area contributed by atoms with Crippen LogP contribution in [0.1, 0.15) is 61.3 Å². The van der Waals surface area contributed by atoms with Gasteiger partial charge >= 0.3 is 0 Å². The van der Waals surface area contributed by atoms with E-state index < -0.39 is 11.8 Å². The van der Waals surface area contributed by atoms with Crippen LogP contribution < -0.4 is 9.47 Å². The monoisotopic (exact) mass is 460 g/mol. The van der Waals surface area contributed by atoms with Gasteiger partial charge in [0.1, 0.15) is 17.3 Å². The number of amides is 3. The van der Waals surface area contributed by atoms with Gasteiger partial charge in [-0.3, -0.25) is 19.3 Å². The highest BCUT2D eigenvalue weighted by Crippen LogP contribution is 2.39. The fraction of sp³-hybridized carbons (Fsp3) is 0.269. The summed E-state index contributed by atoms with van der Waals surface area (Å²) in [5, 5.41) is 0. The quantitative estimate of drug-likeness (QED) is 0.515. The predicted molar refractivity (Wildman–Crippen MR) is 122 cm³/mol. The highest BCUT2D eigenvalue weighted by Gasteiger charge is 2.38. The molecule has 8 nitrogen and oxygen atoms in total. The molecule has 3 aromatic rings. The number of hydrogen-bond acceptors (Lipinski definition) is 6. The van der Waals surface area contributed by atoms with Crippen LogP contribution in [0.15, 0.2) is 59.2 Å². The molecule has 1 atom stereocenters. The molecule has 3 heterocycles. The summed E-state index contributed by atoms with van der Waals surface area (Å²) in [5.41, 5.74) is 1.81. The first kappa shape index (κ1) is 21.8. The zero-order valence-electron chi connectivity index (χ0n) is 18.9. The van der Waals surface area contributed by atoms with Crippen molar-refractivity contribution in [3.05, 3.63) is 82.8 Å². The minimum Gasteiger partial charge on any atom is -0.497 e. The highest BCUT2D eigenvalue weighted by molar-refractivity contribution is 6.22. The Bertz CT molecular complexity index is 1270. The molecule has 1 fully saturated rings. The molecule has 0 radical (unpaired) electrons. The Morgan fingerprint density at radius 3 is 2.59 bits per heavy atom. The smallest absolute Gasteiger partial charge is 0.261 e. The predicted octanol–water partition coefficient (Wildman–Crippen LogP) is 4.07. The fourth-order valence-corrected chi connectivity index (χ4v) is 4.72. The van der Waals surface area contributed by atoms with Crippen LogP contribution in [0.2, 0.25) is 0 Å². The second kappa shape index (κ2) is 8.70. The van der Waals surface area contributed by atoms with Crippen molar-refractivity contribution in [3.63, 3.8) is 0 Å². The third-order valence-electron chi connectivity index (χ3n) is 6.42. The van der Waals surface area contributed by atoms with Crippen LogP contribution in [-0.4, -0.2) is 48.3 Å². The second-order valence-corrected chi connectivity index (χ2v) is 8.30. The van der Waals surface area contributed by atoms with Gasteiger partial charge in [0.15, 0.2) is 0 Å². The van der Waals surface area contributed by atoms with Crippen molar-refractivity contribution in [2.24, 2.45) is 0 Å². The van der Waals surface area contributed by atoms with Gasteiger partial charge in [-0.15, -0.1) is 0 Å². The number of carbonyl (C=O) groups is 3. The van der Waals surface area contributed by atoms with Crippen molar-refractivity contribution in [2.45, 2.75) is 25.4 Å². The third-order valence-corrected chi connectivity index (χ3v) is 6.42. The Balaban J connectivity index is 1.41. The minimum absolute atomic E-state index is 0.0497. The minimum atomic E-state index is -0.430. The van der Waals surface area contributed by atoms with Crippen molar-refractivity contribution in [2.75, 3.05) is 20.8 Å². The molecule has 0 saturated carbocycles. The van der Waals surface area contributed by atoms with Gasteiger partial charge in [0.25, 0.3) is 17.7 Å². The molecule has 1 aromatic heterocycles. The summed E-state index contributed by atoms with van der Waals surface area (Å²) < 4.78 is 16.1. The molecule has 2 aliphatic rings. The van der Waals surface area contributed by atoms with Crippen LogP contribution in [0.4, 0.5) is 0 Å². The first-order valence-electron chi connectivity index (χ1n) is 11.1. The van der Waals surface area contributed by atoms with Gasteiger partial charge in [-0.25, -0.2) is 0 Å². The molecule has 174 valence electrons. The number of rotatable bonds is 6. The topological polar surface area (TPSA) is 89.3 Å². The maximum atomic E-state index is 13.5. The maximum absolute atomic E-state index is 13.5. The highest BCUT2D eigenvalue weighted by atomic mass is 16.5. The Labute approximate surface area is 196 Å². The van der Waals surface area contributed by atoms with Crippen molar-refractivity contribution >= 4 is 17.7 Å². The van der Waals surface area contributed by atoms with E-state index in [0.717, 1.165) is 23.3 Å². The summed E-state index contributed by atoms with van der Waals surface area (Å²) in [6.07, 6.45) is 3.15. The van der Waals surface area contributed by atoms with Crippen molar-refractivity contribution in [1.29, 1.82) is 0 Å². The molecule has 1 unspecified atom stereocenters. The van der Waals surface area contributed by atoms with E-state index in [1.807, 2.05) is 18.2 Å². The SMILES string of the molecule is COc1ccc(C2CCCN2C(=O)c2ccc3c(c2)C(=O)N(Cc2ccco2)C3=O)c(OC)c1. The lowest BCUT2D eigenvalue weighted by atomic mass is 10.0. The molecule has 2 aliphatic heterocycles. The van der Waals surface area contributed by atoms with E-state index in [2.05, 4.69) is 0 Å². The molecule has 1 saturated heterocycles. The number of carbonyl (C=O) groups excluding carboxylic acids is 3. The first-order valence-corrected chi connectivity index (χ1v) is 11.1. The van der Waals surface area contributed by atoms with Crippen LogP contribution in [0.3, 0.4) is 0 Å². The molecule has 8 heteroatoms. The molecule has 3 amide bonds. The summed E-state index contributed by atoms with van der Waals surface area (Å²) >= 11 is 0. The first-order chi connectivity index (χ1) is 16.5. The normalized spacial score (nSPS) is 17.3.